The molecule has 1 unspecified atom stereocenters. The molecule has 0 saturated carbocycles. The summed E-state index contributed by atoms with van der Waals surface area (Å²) < 4.78 is 12.6. The first kappa shape index (κ1) is 14.6. The highest BCUT2D eigenvalue weighted by atomic mass is 35.5. The Hall–Kier alpha value is -1.30. The Morgan fingerprint density at radius 1 is 1.43 bits per heavy atom. The second-order valence-corrected chi connectivity index (χ2v) is 5.84. The monoisotopic (exact) mass is 327 g/mol. The molecule has 1 aliphatic heterocycles. The van der Waals surface area contributed by atoms with Gasteiger partial charge in [-0.3, -0.25) is 0 Å². The number of aromatic nitrogens is 3. The van der Waals surface area contributed by atoms with Crippen molar-refractivity contribution in [3.8, 4) is 5.75 Å². The molecule has 1 aromatic heterocycles. The zero-order valence-corrected chi connectivity index (χ0v) is 13.1. The van der Waals surface area contributed by atoms with Crippen LogP contribution in [0.1, 0.15) is 35.5 Å². The second-order valence-electron chi connectivity index (χ2n) is 4.88. The fourth-order valence-electron chi connectivity index (χ4n) is 2.29. The molecule has 0 saturated heterocycles. The van der Waals surface area contributed by atoms with Crippen LogP contribution in [0.2, 0.25) is 5.02 Å². The van der Waals surface area contributed by atoms with Crippen molar-refractivity contribution in [3.63, 3.8) is 0 Å². The number of hydrogen-bond acceptors (Lipinski definition) is 4. The Bertz CT molecular complexity index is 645. The third-order valence-electron chi connectivity index (χ3n) is 3.32. The maximum absolute atomic E-state index is 6.17. The molecule has 1 aromatic carbocycles. The van der Waals surface area contributed by atoms with Crippen LogP contribution in [-0.2, 0) is 17.9 Å². The normalized spacial score (nSPS) is 15.4. The number of fused-ring (bicyclic) bond motifs is 1. The predicted molar refractivity (Wildman–Crippen MR) is 79.7 cm³/mol. The van der Waals surface area contributed by atoms with Crippen molar-refractivity contribution in [3.05, 3.63) is 40.2 Å². The van der Waals surface area contributed by atoms with Gasteiger partial charge in [0.15, 0.2) is 6.79 Å². The molecule has 0 aliphatic carbocycles. The number of nitrogens with zero attached hydrogens (tertiary/aromatic N) is 3. The summed E-state index contributed by atoms with van der Waals surface area (Å²) >= 11 is 12.3. The molecule has 1 atom stereocenters. The van der Waals surface area contributed by atoms with Gasteiger partial charge in [-0.05, 0) is 18.6 Å². The molecule has 0 amide bonds. The van der Waals surface area contributed by atoms with E-state index in [9.17, 15) is 0 Å². The van der Waals surface area contributed by atoms with E-state index in [1.165, 1.54) is 0 Å². The molecule has 21 heavy (non-hydrogen) atoms. The number of rotatable bonds is 4. The highest BCUT2D eigenvalue weighted by molar-refractivity contribution is 6.30. The Kier molecular flexibility index (Phi) is 4.33. The van der Waals surface area contributed by atoms with Gasteiger partial charge in [0.25, 0.3) is 0 Å². The highest BCUT2D eigenvalue weighted by Crippen LogP contribution is 2.32. The van der Waals surface area contributed by atoms with Crippen LogP contribution in [0, 0.1) is 0 Å². The predicted octanol–water partition coefficient (Wildman–Crippen LogP) is 3.54. The largest absolute Gasteiger partial charge is 0.467 e. The lowest BCUT2D eigenvalue weighted by Gasteiger charge is -2.21. The number of halogens is 2. The minimum atomic E-state index is -0.114. The lowest BCUT2D eigenvalue weighted by molar-refractivity contribution is -0.0171. The summed E-state index contributed by atoms with van der Waals surface area (Å²) in [6.45, 7) is 3.30. The Morgan fingerprint density at radius 2 is 2.29 bits per heavy atom. The first-order valence-electron chi connectivity index (χ1n) is 6.73. The van der Waals surface area contributed by atoms with E-state index in [0.29, 0.717) is 18.2 Å². The van der Waals surface area contributed by atoms with E-state index in [1.54, 1.807) is 4.68 Å². The van der Waals surface area contributed by atoms with Gasteiger partial charge in [0, 0.05) is 16.1 Å². The third kappa shape index (κ3) is 3.15. The van der Waals surface area contributed by atoms with Crippen LogP contribution in [0.25, 0.3) is 0 Å². The zero-order valence-electron chi connectivity index (χ0n) is 11.6. The van der Waals surface area contributed by atoms with Crippen molar-refractivity contribution < 1.29 is 9.47 Å². The van der Waals surface area contributed by atoms with E-state index in [0.717, 1.165) is 29.0 Å². The van der Waals surface area contributed by atoms with Crippen molar-refractivity contribution in [2.45, 2.75) is 31.9 Å². The van der Waals surface area contributed by atoms with Crippen LogP contribution in [0.3, 0.4) is 0 Å². The topological polar surface area (TPSA) is 49.2 Å². The van der Waals surface area contributed by atoms with E-state index in [4.69, 9.17) is 32.7 Å². The average Bonchev–Trinajstić information content (AvgIpc) is 2.95. The van der Waals surface area contributed by atoms with Crippen molar-refractivity contribution in [1.82, 2.24) is 15.0 Å². The summed E-state index contributed by atoms with van der Waals surface area (Å²) in [5, 5.41) is 8.75. The van der Waals surface area contributed by atoms with Gasteiger partial charge in [-0.2, -0.15) is 0 Å². The standard InChI is InChI=1S/C14H15Cl2N3O2/c1-2-12(16)13-6-19(18-17-13)5-9-3-11(15)4-10-7-20-8-21-14(9)10/h3-4,6,12H,2,5,7-8H2,1H3. The molecular formula is C14H15Cl2N3O2. The lowest BCUT2D eigenvalue weighted by atomic mass is 10.1. The van der Waals surface area contributed by atoms with Crippen LogP contribution >= 0.6 is 23.2 Å². The molecule has 0 spiro atoms. The SMILES string of the molecule is CCC(Cl)c1cn(Cc2cc(Cl)cc3c2OCOC3)nn1. The van der Waals surface area contributed by atoms with Gasteiger partial charge < -0.3 is 9.47 Å². The number of alkyl halides is 1. The van der Waals surface area contributed by atoms with E-state index in [2.05, 4.69) is 10.3 Å². The van der Waals surface area contributed by atoms with Crippen molar-refractivity contribution in [2.75, 3.05) is 6.79 Å². The zero-order chi connectivity index (χ0) is 14.8. The summed E-state index contributed by atoms with van der Waals surface area (Å²) in [7, 11) is 0. The van der Waals surface area contributed by atoms with Gasteiger partial charge in [-0.25, -0.2) is 4.68 Å². The number of ether oxygens (including phenoxy) is 2. The number of benzene rings is 1. The fourth-order valence-corrected chi connectivity index (χ4v) is 2.66. The van der Waals surface area contributed by atoms with Crippen LogP contribution in [-0.4, -0.2) is 21.8 Å². The molecule has 0 radical (unpaired) electrons. The lowest BCUT2D eigenvalue weighted by Crippen LogP contribution is -2.14. The molecule has 0 fully saturated rings. The number of hydrogen-bond donors (Lipinski definition) is 0. The van der Waals surface area contributed by atoms with E-state index in [-0.39, 0.29) is 12.2 Å². The Morgan fingerprint density at radius 3 is 3.10 bits per heavy atom. The summed E-state index contributed by atoms with van der Waals surface area (Å²) in [5.74, 6) is 0.820. The van der Waals surface area contributed by atoms with Crippen molar-refractivity contribution in [2.24, 2.45) is 0 Å². The summed E-state index contributed by atoms with van der Waals surface area (Å²) in [4.78, 5) is 0. The van der Waals surface area contributed by atoms with Gasteiger partial charge in [0.2, 0.25) is 0 Å². The molecule has 112 valence electrons. The van der Waals surface area contributed by atoms with E-state index in [1.807, 2.05) is 25.3 Å². The summed E-state index contributed by atoms with van der Waals surface area (Å²) in [6, 6.07) is 3.74. The highest BCUT2D eigenvalue weighted by Gasteiger charge is 2.18. The quantitative estimate of drug-likeness (QED) is 0.806. The third-order valence-corrected chi connectivity index (χ3v) is 4.07. The minimum absolute atomic E-state index is 0.114. The molecule has 3 rings (SSSR count). The fraction of sp³-hybridized carbons (Fsp3) is 0.429. The molecule has 5 nitrogen and oxygen atoms in total. The summed E-state index contributed by atoms with van der Waals surface area (Å²) in [5.41, 5.74) is 2.69. The molecule has 2 aromatic rings. The molecule has 7 heteroatoms. The molecule has 0 bridgehead atoms. The van der Waals surface area contributed by atoms with Crippen LogP contribution in [0.15, 0.2) is 18.3 Å². The van der Waals surface area contributed by atoms with Crippen LogP contribution in [0.5, 0.6) is 5.75 Å². The van der Waals surface area contributed by atoms with Gasteiger partial charge in [-0.15, -0.1) is 16.7 Å². The summed E-state index contributed by atoms with van der Waals surface area (Å²) in [6.07, 6.45) is 2.67. The molecule has 1 aliphatic rings. The first-order chi connectivity index (χ1) is 10.2. The van der Waals surface area contributed by atoms with Crippen molar-refractivity contribution >= 4 is 23.2 Å². The van der Waals surface area contributed by atoms with E-state index >= 15 is 0 Å². The van der Waals surface area contributed by atoms with Gasteiger partial charge in [0.1, 0.15) is 11.4 Å². The van der Waals surface area contributed by atoms with Crippen LogP contribution in [0.4, 0.5) is 0 Å². The second kappa shape index (κ2) is 6.22. The Balaban J connectivity index is 1.87. The Labute approximate surface area is 132 Å². The molecular weight excluding hydrogens is 313 g/mol. The molecule has 0 N–H and O–H groups in total. The van der Waals surface area contributed by atoms with Crippen LogP contribution < -0.4 is 4.74 Å². The van der Waals surface area contributed by atoms with Gasteiger partial charge in [0.05, 0.1) is 24.7 Å². The van der Waals surface area contributed by atoms with E-state index < -0.39 is 0 Å². The minimum Gasteiger partial charge on any atom is -0.467 e. The maximum atomic E-state index is 6.17. The first-order valence-corrected chi connectivity index (χ1v) is 7.54. The molecule has 2 heterocycles. The van der Waals surface area contributed by atoms with Crippen molar-refractivity contribution in [1.29, 1.82) is 0 Å². The maximum Gasteiger partial charge on any atom is 0.189 e. The van der Waals surface area contributed by atoms with Gasteiger partial charge in [-0.1, -0.05) is 23.7 Å². The smallest absolute Gasteiger partial charge is 0.189 e. The van der Waals surface area contributed by atoms with Gasteiger partial charge >= 0.3 is 0 Å². The average molecular weight is 328 g/mol.